The highest BCUT2D eigenvalue weighted by Gasteiger charge is 2.25. The molecule has 0 saturated heterocycles. The lowest BCUT2D eigenvalue weighted by molar-refractivity contribution is 0.248. The molecule has 1 heterocycles. The number of nitrogens with one attached hydrogen (secondary N) is 1. The molecule has 1 aliphatic carbocycles. The second-order valence-electron chi connectivity index (χ2n) is 6.18. The molecule has 0 aliphatic heterocycles. The first kappa shape index (κ1) is 14.5. The Morgan fingerprint density at radius 2 is 2.11 bits per heavy atom. The lowest BCUT2D eigenvalue weighted by Gasteiger charge is -2.30. The standard InChI is InChI=1S/C15H27N3O/c1-11(2)8-9-14-17-15(19-18-14)10-12-6-4-5-7-13(12)16-3/h11-13,16H,4-10H2,1-3H3. The van der Waals surface area contributed by atoms with Crippen LogP contribution in [0.15, 0.2) is 4.52 Å². The van der Waals surface area contributed by atoms with Gasteiger partial charge in [0.05, 0.1) is 0 Å². The predicted octanol–water partition coefficient (Wildman–Crippen LogP) is 2.98. The molecule has 19 heavy (non-hydrogen) atoms. The highest BCUT2D eigenvalue weighted by atomic mass is 16.5. The number of aromatic nitrogens is 2. The minimum Gasteiger partial charge on any atom is -0.339 e. The van der Waals surface area contributed by atoms with E-state index in [0.29, 0.717) is 17.9 Å². The van der Waals surface area contributed by atoms with Crippen LogP contribution in [0.5, 0.6) is 0 Å². The highest BCUT2D eigenvalue weighted by molar-refractivity contribution is 4.92. The van der Waals surface area contributed by atoms with Gasteiger partial charge in [0.1, 0.15) is 0 Å². The molecule has 1 aliphatic rings. The van der Waals surface area contributed by atoms with E-state index < -0.39 is 0 Å². The van der Waals surface area contributed by atoms with Crippen molar-refractivity contribution >= 4 is 0 Å². The second kappa shape index (κ2) is 7.04. The molecule has 2 atom stereocenters. The van der Waals surface area contributed by atoms with E-state index in [1.807, 2.05) is 0 Å². The van der Waals surface area contributed by atoms with E-state index >= 15 is 0 Å². The number of hydrogen-bond donors (Lipinski definition) is 1. The lowest BCUT2D eigenvalue weighted by Crippen LogP contribution is -2.37. The monoisotopic (exact) mass is 265 g/mol. The summed E-state index contributed by atoms with van der Waals surface area (Å²) in [5, 5.41) is 7.53. The molecular weight excluding hydrogens is 238 g/mol. The van der Waals surface area contributed by atoms with Crippen LogP contribution in [0.3, 0.4) is 0 Å². The van der Waals surface area contributed by atoms with Crippen molar-refractivity contribution in [3.05, 3.63) is 11.7 Å². The Kier molecular flexibility index (Phi) is 5.37. The quantitative estimate of drug-likeness (QED) is 0.859. The number of nitrogens with zero attached hydrogens (tertiary/aromatic N) is 2. The Balaban J connectivity index is 1.88. The van der Waals surface area contributed by atoms with Gasteiger partial charge >= 0.3 is 0 Å². The minimum atomic E-state index is 0.611. The fourth-order valence-electron chi connectivity index (χ4n) is 2.95. The van der Waals surface area contributed by atoms with Crippen molar-refractivity contribution in [1.82, 2.24) is 15.5 Å². The number of hydrogen-bond acceptors (Lipinski definition) is 4. The van der Waals surface area contributed by atoms with E-state index in [4.69, 9.17) is 4.52 Å². The Morgan fingerprint density at radius 3 is 2.84 bits per heavy atom. The van der Waals surface area contributed by atoms with Gasteiger partial charge in [0.2, 0.25) is 5.89 Å². The molecule has 1 fully saturated rings. The molecule has 1 aromatic heterocycles. The Labute approximate surface area is 116 Å². The summed E-state index contributed by atoms with van der Waals surface area (Å²) in [5.41, 5.74) is 0. The molecule has 4 heteroatoms. The third kappa shape index (κ3) is 4.30. The van der Waals surface area contributed by atoms with Gasteiger partial charge in [0.25, 0.3) is 0 Å². The van der Waals surface area contributed by atoms with E-state index in [2.05, 4.69) is 36.4 Å². The Hall–Kier alpha value is -0.900. The van der Waals surface area contributed by atoms with Crippen LogP contribution in [0.2, 0.25) is 0 Å². The van der Waals surface area contributed by atoms with Gasteiger partial charge in [-0.15, -0.1) is 0 Å². The van der Waals surface area contributed by atoms with Crippen molar-refractivity contribution in [1.29, 1.82) is 0 Å². The van der Waals surface area contributed by atoms with Gasteiger partial charge in [-0.3, -0.25) is 0 Å². The van der Waals surface area contributed by atoms with Crippen LogP contribution >= 0.6 is 0 Å². The summed E-state index contributed by atoms with van der Waals surface area (Å²) in [7, 11) is 2.06. The highest BCUT2D eigenvalue weighted by Crippen LogP contribution is 2.27. The normalized spacial score (nSPS) is 24.0. The summed E-state index contributed by atoms with van der Waals surface area (Å²) >= 11 is 0. The second-order valence-corrected chi connectivity index (χ2v) is 6.18. The molecule has 2 unspecified atom stereocenters. The van der Waals surface area contributed by atoms with Crippen molar-refractivity contribution in [2.75, 3.05) is 7.05 Å². The van der Waals surface area contributed by atoms with Crippen molar-refractivity contribution in [2.24, 2.45) is 11.8 Å². The minimum absolute atomic E-state index is 0.611. The number of rotatable bonds is 6. The zero-order valence-corrected chi connectivity index (χ0v) is 12.5. The maximum Gasteiger partial charge on any atom is 0.226 e. The van der Waals surface area contributed by atoms with Crippen molar-refractivity contribution in [2.45, 2.75) is 64.8 Å². The SMILES string of the molecule is CNC1CCCCC1Cc1nc(CCC(C)C)no1. The average molecular weight is 265 g/mol. The summed E-state index contributed by atoms with van der Waals surface area (Å²) in [4.78, 5) is 4.54. The molecule has 4 nitrogen and oxygen atoms in total. The van der Waals surface area contributed by atoms with E-state index in [0.717, 1.165) is 31.0 Å². The van der Waals surface area contributed by atoms with Crippen LogP contribution in [0.4, 0.5) is 0 Å². The van der Waals surface area contributed by atoms with Crippen LogP contribution in [-0.2, 0) is 12.8 Å². The van der Waals surface area contributed by atoms with Gasteiger partial charge in [-0.25, -0.2) is 0 Å². The van der Waals surface area contributed by atoms with Gasteiger partial charge < -0.3 is 9.84 Å². The molecule has 0 amide bonds. The molecule has 1 N–H and O–H groups in total. The molecule has 0 aromatic carbocycles. The van der Waals surface area contributed by atoms with Crippen molar-refractivity contribution in [3.8, 4) is 0 Å². The lowest BCUT2D eigenvalue weighted by atomic mass is 9.82. The first-order chi connectivity index (χ1) is 9.19. The predicted molar refractivity (Wildman–Crippen MR) is 76.0 cm³/mol. The van der Waals surface area contributed by atoms with E-state index in [1.54, 1.807) is 0 Å². The zero-order valence-electron chi connectivity index (χ0n) is 12.5. The summed E-state index contributed by atoms with van der Waals surface area (Å²) in [6.07, 6.45) is 8.20. The fourth-order valence-corrected chi connectivity index (χ4v) is 2.95. The molecule has 108 valence electrons. The number of aryl methyl sites for hydroxylation is 1. The first-order valence-electron chi connectivity index (χ1n) is 7.67. The van der Waals surface area contributed by atoms with Crippen LogP contribution in [0, 0.1) is 11.8 Å². The summed E-state index contributed by atoms with van der Waals surface area (Å²) in [6.45, 7) is 4.45. The van der Waals surface area contributed by atoms with Crippen LogP contribution in [0.25, 0.3) is 0 Å². The largest absolute Gasteiger partial charge is 0.339 e. The van der Waals surface area contributed by atoms with E-state index in [9.17, 15) is 0 Å². The van der Waals surface area contributed by atoms with Crippen LogP contribution < -0.4 is 5.32 Å². The Morgan fingerprint density at radius 1 is 1.32 bits per heavy atom. The van der Waals surface area contributed by atoms with Gasteiger partial charge in [0, 0.05) is 18.9 Å². The molecule has 1 saturated carbocycles. The molecule has 0 spiro atoms. The fraction of sp³-hybridized carbons (Fsp3) is 0.867. The third-order valence-electron chi connectivity index (χ3n) is 4.17. The molecular formula is C15H27N3O. The Bertz CT molecular complexity index is 375. The third-order valence-corrected chi connectivity index (χ3v) is 4.17. The summed E-state index contributed by atoms with van der Waals surface area (Å²) < 4.78 is 5.40. The van der Waals surface area contributed by atoms with Gasteiger partial charge in [-0.1, -0.05) is 31.8 Å². The smallest absolute Gasteiger partial charge is 0.226 e. The van der Waals surface area contributed by atoms with Crippen molar-refractivity contribution in [3.63, 3.8) is 0 Å². The molecule has 0 radical (unpaired) electrons. The molecule has 2 rings (SSSR count). The maximum atomic E-state index is 5.40. The first-order valence-corrected chi connectivity index (χ1v) is 7.67. The topological polar surface area (TPSA) is 51.0 Å². The van der Waals surface area contributed by atoms with Crippen molar-refractivity contribution < 1.29 is 4.52 Å². The average Bonchev–Trinajstić information content (AvgIpc) is 2.85. The zero-order chi connectivity index (χ0) is 13.7. The van der Waals surface area contributed by atoms with E-state index in [1.165, 1.54) is 25.7 Å². The van der Waals surface area contributed by atoms with E-state index in [-0.39, 0.29) is 0 Å². The van der Waals surface area contributed by atoms with Gasteiger partial charge in [-0.05, 0) is 38.1 Å². The summed E-state index contributed by atoms with van der Waals surface area (Å²) in [5.74, 6) is 3.04. The molecule has 0 bridgehead atoms. The van der Waals surface area contributed by atoms with Gasteiger partial charge in [0.15, 0.2) is 5.82 Å². The van der Waals surface area contributed by atoms with Crippen LogP contribution in [-0.4, -0.2) is 23.2 Å². The molecule has 1 aromatic rings. The summed E-state index contributed by atoms with van der Waals surface area (Å²) in [6, 6.07) is 0.611. The van der Waals surface area contributed by atoms with Gasteiger partial charge in [-0.2, -0.15) is 4.98 Å². The van der Waals surface area contributed by atoms with Crippen LogP contribution in [0.1, 0.15) is 57.7 Å². The maximum absolute atomic E-state index is 5.40.